The molecule has 0 aromatic heterocycles. The van der Waals surface area contributed by atoms with Crippen LogP contribution >= 0.6 is 0 Å². The van der Waals surface area contributed by atoms with E-state index >= 15 is 0 Å². The Hall–Kier alpha value is -2.54. The molecule has 0 aliphatic heterocycles. The van der Waals surface area contributed by atoms with Crippen LogP contribution in [-0.2, 0) is 5.41 Å². The van der Waals surface area contributed by atoms with E-state index in [4.69, 9.17) is 0 Å². The number of hydrogen-bond acceptors (Lipinski definition) is 0. The van der Waals surface area contributed by atoms with Crippen LogP contribution in [-0.4, -0.2) is 7.85 Å². The Kier molecular flexibility index (Phi) is 2.61. The highest BCUT2D eigenvalue weighted by molar-refractivity contribution is 6.32. The summed E-state index contributed by atoms with van der Waals surface area (Å²) in [4.78, 5) is 0. The van der Waals surface area contributed by atoms with E-state index in [0.29, 0.717) is 0 Å². The molecule has 0 unspecified atom stereocenters. The fourth-order valence-corrected chi connectivity index (χ4v) is 4.60. The Labute approximate surface area is 143 Å². The third-order valence-corrected chi connectivity index (χ3v) is 5.68. The van der Waals surface area contributed by atoms with Crippen molar-refractivity contribution in [1.29, 1.82) is 0 Å². The maximum absolute atomic E-state index is 2.37. The molecule has 0 amide bonds. The van der Waals surface area contributed by atoms with E-state index in [0.717, 1.165) is 0 Å². The molecule has 4 aromatic carbocycles. The van der Waals surface area contributed by atoms with Crippen molar-refractivity contribution in [2.45, 2.75) is 19.3 Å². The van der Waals surface area contributed by atoms with E-state index in [9.17, 15) is 0 Å². The molecule has 0 saturated carbocycles. The minimum absolute atomic E-state index is 0.0281. The molecule has 0 N–H and O–H groups in total. The van der Waals surface area contributed by atoms with Crippen LogP contribution in [0.4, 0.5) is 0 Å². The minimum atomic E-state index is 0.0281. The Balaban J connectivity index is 2.10. The van der Waals surface area contributed by atoms with Gasteiger partial charge in [-0.05, 0) is 43.8 Å². The van der Waals surface area contributed by atoms with Crippen molar-refractivity contribution in [1.82, 2.24) is 0 Å². The molecule has 5 rings (SSSR count). The first-order valence-corrected chi connectivity index (χ1v) is 8.64. The van der Waals surface area contributed by atoms with Gasteiger partial charge in [-0.2, -0.15) is 0 Å². The summed E-state index contributed by atoms with van der Waals surface area (Å²) in [6, 6.07) is 24.7. The molecule has 0 saturated heterocycles. The summed E-state index contributed by atoms with van der Waals surface area (Å²) >= 11 is 0. The summed E-state index contributed by atoms with van der Waals surface area (Å²) in [7, 11) is 2.19. The molecule has 0 radical (unpaired) electrons. The summed E-state index contributed by atoms with van der Waals surface area (Å²) in [6.07, 6.45) is 0. The highest BCUT2D eigenvalue weighted by Gasteiger charge is 2.38. The molecule has 1 heteroatoms. The number of fused-ring (bicyclic) bond motifs is 8. The molecule has 1 aliphatic carbocycles. The predicted molar refractivity (Wildman–Crippen MR) is 107 cm³/mol. The van der Waals surface area contributed by atoms with E-state index in [-0.39, 0.29) is 5.41 Å². The summed E-state index contributed by atoms with van der Waals surface area (Å²) < 4.78 is 0. The first kappa shape index (κ1) is 13.9. The molecule has 4 aromatic rings. The largest absolute Gasteiger partial charge is 0.139 e. The van der Waals surface area contributed by atoms with Crippen LogP contribution in [0.3, 0.4) is 0 Å². The van der Waals surface area contributed by atoms with Crippen molar-refractivity contribution in [2.24, 2.45) is 0 Å². The Morgan fingerprint density at radius 1 is 0.708 bits per heavy atom. The van der Waals surface area contributed by atoms with Gasteiger partial charge in [0.15, 0.2) is 0 Å². The van der Waals surface area contributed by atoms with Gasteiger partial charge in [-0.15, -0.1) is 0 Å². The van der Waals surface area contributed by atoms with Gasteiger partial charge >= 0.3 is 0 Å². The first-order chi connectivity index (χ1) is 11.6. The Morgan fingerprint density at radius 2 is 1.29 bits per heavy atom. The molecule has 0 nitrogen and oxygen atoms in total. The van der Waals surface area contributed by atoms with Gasteiger partial charge < -0.3 is 0 Å². The maximum Gasteiger partial charge on any atom is 0.139 e. The fraction of sp³-hybridized carbons (Fsp3) is 0.130. The molecule has 1 aliphatic rings. The summed E-state index contributed by atoms with van der Waals surface area (Å²) in [5, 5.41) is 5.49. The number of benzene rings is 4. The van der Waals surface area contributed by atoms with Crippen molar-refractivity contribution in [3.63, 3.8) is 0 Å². The van der Waals surface area contributed by atoms with E-state index < -0.39 is 0 Å². The molecule has 0 spiro atoms. The van der Waals surface area contributed by atoms with Crippen molar-refractivity contribution in [3.8, 4) is 11.1 Å². The van der Waals surface area contributed by atoms with Crippen LogP contribution in [0.15, 0.2) is 66.7 Å². The van der Waals surface area contributed by atoms with E-state index in [1.54, 1.807) is 0 Å². The van der Waals surface area contributed by atoms with Gasteiger partial charge in [-0.1, -0.05) is 86.0 Å². The second-order valence-corrected chi connectivity index (χ2v) is 7.52. The zero-order valence-corrected chi connectivity index (χ0v) is 14.4. The summed E-state index contributed by atoms with van der Waals surface area (Å²) in [6.45, 7) is 4.75. The first-order valence-electron chi connectivity index (χ1n) is 8.64. The molecule has 0 fully saturated rings. The van der Waals surface area contributed by atoms with Gasteiger partial charge in [-0.25, -0.2) is 0 Å². The molecule has 24 heavy (non-hydrogen) atoms. The third kappa shape index (κ3) is 1.60. The van der Waals surface area contributed by atoms with Crippen molar-refractivity contribution >= 4 is 34.9 Å². The molecule has 0 bridgehead atoms. The van der Waals surface area contributed by atoms with Crippen LogP contribution < -0.4 is 5.46 Å². The van der Waals surface area contributed by atoms with Gasteiger partial charge in [0.2, 0.25) is 0 Å². The lowest BCUT2D eigenvalue weighted by atomic mass is 9.78. The van der Waals surface area contributed by atoms with Crippen LogP contribution in [0.2, 0.25) is 0 Å². The van der Waals surface area contributed by atoms with Gasteiger partial charge in [0, 0.05) is 5.41 Å². The highest BCUT2D eigenvalue weighted by Crippen LogP contribution is 2.53. The predicted octanol–water partition coefficient (Wildman–Crippen LogP) is 4.56. The normalized spacial score (nSPS) is 14.8. The lowest BCUT2D eigenvalue weighted by Crippen LogP contribution is -2.17. The van der Waals surface area contributed by atoms with Gasteiger partial charge in [0.1, 0.15) is 7.85 Å². The number of rotatable bonds is 0. The zero-order chi connectivity index (χ0) is 16.5. The van der Waals surface area contributed by atoms with Crippen LogP contribution in [0, 0.1) is 0 Å². The quantitative estimate of drug-likeness (QED) is 0.330. The SMILES string of the molecule is Bc1ccc2c(c1)C(C)(C)c1c-2c2ccccc2c2ccccc12. The molecule has 0 atom stereocenters. The highest BCUT2D eigenvalue weighted by atomic mass is 14.4. The van der Waals surface area contributed by atoms with Crippen molar-refractivity contribution < 1.29 is 0 Å². The molecule has 114 valence electrons. The average molecular weight is 306 g/mol. The monoisotopic (exact) mass is 306 g/mol. The second kappa shape index (κ2) is 4.51. The smallest absolute Gasteiger partial charge is 0.0886 e. The lowest BCUT2D eigenvalue weighted by Gasteiger charge is -2.24. The molecule has 0 heterocycles. The summed E-state index contributed by atoms with van der Waals surface area (Å²) in [5.74, 6) is 0. The van der Waals surface area contributed by atoms with E-state index in [1.807, 2.05) is 0 Å². The van der Waals surface area contributed by atoms with E-state index in [2.05, 4.69) is 88.4 Å². The lowest BCUT2D eigenvalue weighted by molar-refractivity contribution is 0.667. The topological polar surface area (TPSA) is 0 Å². The van der Waals surface area contributed by atoms with Gasteiger partial charge in [-0.3, -0.25) is 0 Å². The van der Waals surface area contributed by atoms with Gasteiger partial charge in [0.25, 0.3) is 0 Å². The van der Waals surface area contributed by atoms with E-state index in [1.165, 1.54) is 49.3 Å². The van der Waals surface area contributed by atoms with Gasteiger partial charge in [0.05, 0.1) is 0 Å². The number of hydrogen-bond donors (Lipinski definition) is 0. The van der Waals surface area contributed by atoms with Crippen LogP contribution in [0.25, 0.3) is 32.7 Å². The Morgan fingerprint density at radius 3 is 2.00 bits per heavy atom. The standard InChI is InChI=1S/C23H19B/c1-23(2)20-13-14(24)11-12-19(20)21-17-9-5-3-7-15(17)16-8-4-6-10-18(16)22(21)23/h3-13H,24H2,1-2H3. The Bertz CT molecular complexity index is 1140. The maximum atomic E-state index is 2.37. The van der Waals surface area contributed by atoms with Crippen molar-refractivity contribution in [3.05, 3.63) is 77.9 Å². The van der Waals surface area contributed by atoms with Crippen LogP contribution in [0.1, 0.15) is 25.0 Å². The fourth-order valence-electron chi connectivity index (χ4n) is 4.60. The summed E-state index contributed by atoms with van der Waals surface area (Å²) in [5.41, 5.74) is 7.15. The average Bonchev–Trinajstić information content (AvgIpc) is 2.83. The minimum Gasteiger partial charge on any atom is -0.0886 e. The zero-order valence-electron chi connectivity index (χ0n) is 14.4. The molecular formula is C23H19B. The molecular weight excluding hydrogens is 287 g/mol. The van der Waals surface area contributed by atoms with Crippen LogP contribution in [0.5, 0.6) is 0 Å². The third-order valence-electron chi connectivity index (χ3n) is 5.68. The van der Waals surface area contributed by atoms with Crippen molar-refractivity contribution in [2.75, 3.05) is 0 Å². The second-order valence-electron chi connectivity index (χ2n) is 7.52.